The van der Waals surface area contributed by atoms with Crippen LogP contribution in [-0.2, 0) is 16.2 Å². The van der Waals surface area contributed by atoms with Gasteiger partial charge in [0.1, 0.15) is 12.2 Å². The Morgan fingerprint density at radius 1 is 1.02 bits per heavy atom. The number of rotatable bonds is 7. The largest absolute Gasteiger partial charge is 0.493 e. The predicted molar refractivity (Wildman–Crippen MR) is 156 cm³/mol. The minimum absolute atomic E-state index is 0.0358. The molecule has 1 heterocycles. The number of methoxy groups -OCH3 is 1. The Balaban J connectivity index is 1.43. The number of carboxylic acids is 1. The van der Waals surface area contributed by atoms with Crippen molar-refractivity contribution in [3.8, 4) is 11.5 Å². The first-order valence-corrected chi connectivity index (χ1v) is 12.8. The van der Waals surface area contributed by atoms with Crippen LogP contribution < -0.4 is 19.7 Å². The molecule has 0 atom stereocenters. The van der Waals surface area contributed by atoms with Crippen LogP contribution in [0.3, 0.4) is 0 Å². The van der Waals surface area contributed by atoms with Crippen LogP contribution in [0.4, 0.5) is 5.69 Å². The summed E-state index contributed by atoms with van der Waals surface area (Å²) in [5.74, 6) is -1.96. The lowest BCUT2D eigenvalue weighted by molar-refractivity contribution is -0.122. The molecular weight excluding hydrogens is 552 g/mol. The van der Waals surface area contributed by atoms with Crippen molar-refractivity contribution in [2.75, 3.05) is 12.0 Å². The normalized spacial score (nSPS) is 14.4. The van der Waals surface area contributed by atoms with Crippen LogP contribution in [-0.4, -0.2) is 35.1 Å². The summed E-state index contributed by atoms with van der Waals surface area (Å²) in [5, 5.41) is 14.1. The highest BCUT2D eigenvalue weighted by Crippen LogP contribution is 2.38. The van der Waals surface area contributed by atoms with E-state index in [1.807, 2.05) is 42.5 Å². The third-order valence-electron chi connectivity index (χ3n) is 6.21. The summed E-state index contributed by atoms with van der Waals surface area (Å²) in [6.45, 7) is 0.240. The number of carboxylic acid groups (broad SMARTS) is 1. The van der Waals surface area contributed by atoms with Crippen molar-refractivity contribution >= 4 is 69.3 Å². The van der Waals surface area contributed by atoms with E-state index in [2.05, 4.69) is 5.32 Å². The van der Waals surface area contributed by atoms with Crippen molar-refractivity contribution in [1.29, 1.82) is 0 Å². The number of hydrogen-bond donors (Lipinski definition) is 2. The number of nitrogens with zero attached hydrogens (tertiary/aromatic N) is 1. The number of benzene rings is 4. The van der Waals surface area contributed by atoms with Crippen molar-refractivity contribution in [2.24, 2.45) is 0 Å². The first-order valence-electron chi connectivity index (χ1n) is 12.0. The zero-order valence-electron chi connectivity index (χ0n) is 21.0. The molecule has 10 heteroatoms. The van der Waals surface area contributed by atoms with E-state index in [1.54, 1.807) is 12.1 Å². The lowest BCUT2D eigenvalue weighted by Crippen LogP contribution is -2.54. The van der Waals surface area contributed by atoms with E-state index < -0.39 is 17.8 Å². The van der Waals surface area contributed by atoms with Crippen LogP contribution in [0.2, 0.25) is 5.02 Å². The van der Waals surface area contributed by atoms with Crippen LogP contribution in [0.25, 0.3) is 16.8 Å². The molecule has 0 aromatic heterocycles. The molecule has 8 nitrogen and oxygen atoms in total. The van der Waals surface area contributed by atoms with Crippen LogP contribution in [0.5, 0.6) is 11.5 Å². The molecule has 1 saturated heterocycles. The van der Waals surface area contributed by atoms with E-state index in [9.17, 15) is 19.5 Å². The number of carbonyl (C=O) groups excluding carboxylic acids is 2. The van der Waals surface area contributed by atoms with Gasteiger partial charge in [-0.15, -0.1) is 0 Å². The van der Waals surface area contributed by atoms with Gasteiger partial charge in [0.15, 0.2) is 16.6 Å². The molecular formula is C30H21ClN2O6S. The molecule has 5 rings (SSSR count). The predicted octanol–water partition coefficient (Wildman–Crippen LogP) is 5.61. The first-order chi connectivity index (χ1) is 19.2. The van der Waals surface area contributed by atoms with Gasteiger partial charge in [0, 0.05) is 0 Å². The maximum atomic E-state index is 13.4. The van der Waals surface area contributed by atoms with Crippen LogP contribution in [0.1, 0.15) is 21.5 Å². The Bertz CT molecular complexity index is 1730. The van der Waals surface area contributed by atoms with Gasteiger partial charge >= 0.3 is 5.97 Å². The SMILES string of the molecule is COc1cc(C=C2C(=O)NC(=S)N(c3cccc(C(=O)O)c3)C2=O)cc(Cl)c1OCc1ccc2ccccc2c1. The molecule has 1 fully saturated rings. The van der Waals surface area contributed by atoms with E-state index in [-0.39, 0.29) is 33.6 Å². The Kier molecular flexibility index (Phi) is 7.50. The van der Waals surface area contributed by atoms with Gasteiger partial charge in [0.2, 0.25) is 0 Å². The van der Waals surface area contributed by atoms with Crippen molar-refractivity contribution in [3.05, 3.63) is 106 Å². The molecule has 0 spiro atoms. The molecule has 2 N–H and O–H groups in total. The van der Waals surface area contributed by atoms with Crippen LogP contribution >= 0.6 is 23.8 Å². The summed E-state index contributed by atoms with van der Waals surface area (Å²) >= 11 is 11.8. The summed E-state index contributed by atoms with van der Waals surface area (Å²) < 4.78 is 11.5. The molecule has 2 amide bonds. The van der Waals surface area contributed by atoms with Gasteiger partial charge in [0.25, 0.3) is 11.8 Å². The van der Waals surface area contributed by atoms with Crippen LogP contribution in [0.15, 0.2) is 84.4 Å². The van der Waals surface area contributed by atoms with E-state index in [4.69, 9.17) is 33.3 Å². The molecule has 1 aliphatic heterocycles. The van der Waals surface area contributed by atoms with Gasteiger partial charge in [-0.05, 0) is 76.6 Å². The number of anilines is 1. The van der Waals surface area contributed by atoms with E-state index in [0.29, 0.717) is 17.1 Å². The number of ether oxygens (including phenoxy) is 2. The molecule has 4 aromatic rings. The number of amides is 2. The summed E-state index contributed by atoms with van der Waals surface area (Å²) in [6, 6.07) is 22.8. The standard InChI is InChI=1S/C30H21ClN2O6S/c1-38-25-14-18(13-24(31)26(25)39-16-17-9-10-19-5-2-3-6-20(19)11-17)12-23-27(34)32-30(40)33(28(23)35)22-8-4-7-21(15-22)29(36)37/h2-15H,16H2,1H3,(H,36,37)(H,32,34,40). The molecule has 0 unspecified atom stereocenters. The summed E-state index contributed by atoms with van der Waals surface area (Å²) in [6.07, 6.45) is 1.36. The molecule has 0 saturated carbocycles. The van der Waals surface area contributed by atoms with Crippen LogP contribution in [0, 0.1) is 0 Å². The number of hydrogen-bond acceptors (Lipinski definition) is 6. The zero-order chi connectivity index (χ0) is 28.4. The van der Waals surface area contributed by atoms with Gasteiger partial charge in [-0.3, -0.25) is 19.8 Å². The van der Waals surface area contributed by atoms with Crippen molar-refractivity contribution in [1.82, 2.24) is 5.32 Å². The average molecular weight is 573 g/mol. The number of nitrogens with one attached hydrogen (secondary N) is 1. The fourth-order valence-electron chi connectivity index (χ4n) is 4.28. The fraction of sp³-hybridized carbons (Fsp3) is 0.0667. The monoisotopic (exact) mass is 572 g/mol. The number of fused-ring (bicyclic) bond motifs is 1. The minimum Gasteiger partial charge on any atom is -0.493 e. The number of thiocarbonyl (C=S) groups is 1. The molecule has 40 heavy (non-hydrogen) atoms. The number of aromatic carboxylic acids is 1. The third-order valence-corrected chi connectivity index (χ3v) is 6.78. The molecule has 0 aliphatic carbocycles. The molecule has 200 valence electrons. The van der Waals surface area contributed by atoms with E-state index in [0.717, 1.165) is 21.2 Å². The summed E-state index contributed by atoms with van der Waals surface area (Å²) in [5.41, 5.74) is 1.29. The Morgan fingerprint density at radius 2 is 1.80 bits per heavy atom. The second-order valence-corrected chi connectivity index (χ2v) is 9.61. The minimum atomic E-state index is -1.17. The Hall–Kier alpha value is -4.73. The highest BCUT2D eigenvalue weighted by atomic mass is 35.5. The van der Waals surface area contributed by atoms with Gasteiger partial charge in [0.05, 0.1) is 23.4 Å². The van der Waals surface area contributed by atoms with Gasteiger partial charge < -0.3 is 14.6 Å². The maximum Gasteiger partial charge on any atom is 0.335 e. The topological polar surface area (TPSA) is 105 Å². The lowest BCUT2D eigenvalue weighted by Gasteiger charge is -2.29. The first kappa shape index (κ1) is 26.9. The molecule has 0 radical (unpaired) electrons. The smallest absolute Gasteiger partial charge is 0.335 e. The molecule has 4 aromatic carbocycles. The van der Waals surface area contributed by atoms with Gasteiger partial charge in [-0.25, -0.2) is 4.79 Å². The number of halogens is 1. The van der Waals surface area contributed by atoms with Gasteiger partial charge in [-0.1, -0.05) is 54.1 Å². The highest BCUT2D eigenvalue weighted by molar-refractivity contribution is 7.80. The average Bonchev–Trinajstić information content (AvgIpc) is 2.94. The van der Waals surface area contributed by atoms with Crippen molar-refractivity contribution < 1.29 is 29.0 Å². The van der Waals surface area contributed by atoms with E-state index >= 15 is 0 Å². The van der Waals surface area contributed by atoms with Crippen molar-refractivity contribution in [2.45, 2.75) is 6.61 Å². The van der Waals surface area contributed by atoms with Gasteiger partial charge in [-0.2, -0.15) is 0 Å². The second-order valence-electron chi connectivity index (χ2n) is 8.82. The zero-order valence-corrected chi connectivity index (χ0v) is 22.6. The maximum absolute atomic E-state index is 13.4. The molecule has 1 aliphatic rings. The second kappa shape index (κ2) is 11.2. The number of carbonyl (C=O) groups is 3. The summed E-state index contributed by atoms with van der Waals surface area (Å²) in [7, 11) is 1.46. The summed E-state index contributed by atoms with van der Waals surface area (Å²) in [4.78, 5) is 38.6. The Morgan fingerprint density at radius 3 is 2.55 bits per heavy atom. The Labute approximate surface area is 239 Å². The lowest BCUT2D eigenvalue weighted by atomic mass is 10.1. The third kappa shape index (κ3) is 5.38. The quantitative estimate of drug-likeness (QED) is 0.168. The molecule has 0 bridgehead atoms. The van der Waals surface area contributed by atoms with Crippen molar-refractivity contribution in [3.63, 3.8) is 0 Å². The van der Waals surface area contributed by atoms with E-state index in [1.165, 1.54) is 37.5 Å². The highest BCUT2D eigenvalue weighted by Gasteiger charge is 2.35. The fourth-order valence-corrected chi connectivity index (χ4v) is 4.84.